The average Bonchev–Trinajstić information content (AvgIpc) is 1.88. The molecule has 1 heterocycles. The summed E-state index contributed by atoms with van der Waals surface area (Å²) in [5.74, 6) is 0.466. The van der Waals surface area contributed by atoms with Crippen molar-refractivity contribution in [3.8, 4) is 0 Å². The molecule has 0 amide bonds. The van der Waals surface area contributed by atoms with Gasteiger partial charge in [-0.3, -0.25) is 4.98 Å². The molecule has 0 aromatic carbocycles. The fourth-order valence-electron chi connectivity index (χ4n) is 0.918. The number of hydrogen-bond acceptors (Lipinski definition) is 1. The van der Waals surface area contributed by atoms with E-state index in [2.05, 4.69) is 18.8 Å². The van der Waals surface area contributed by atoms with Crippen LogP contribution in [0.15, 0.2) is 18.3 Å². The molecule has 1 nitrogen and oxygen atoms in total. The molecule has 0 aliphatic carbocycles. The van der Waals surface area contributed by atoms with Crippen LogP contribution in [0, 0.1) is 0 Å². The van der Waals surface area contributed by atoms with E-state index in [1.54, 1.807) is 6.20 Å². The van der Waals surface area contributed by atoms with Crippen molar-refractivity contribution < 1.29 is 0 Å². The summed E-state index contributed by atoms with van der Waals surface area (Å²) in [6.45, 7) is 4.21. The summed E-state index contributed by atoms with van der Waals surface area (Å²) in [4.78, 5) is 3.98. The summed E-state index contributed by atoms with van der Waals surface area (Å²) in [6.07, 6.45) is 1.71. The first-order valence-corrected chi connectivity index (χ1v) is 3.42. The van der Waals surface area contributed by atoms with Crippen LogP contribution >= 0.6 is 0 Å². The molecule has 0 N–H and O–H groups in total. The van der Waals surface area contributed by atoms with Crippen LogP contribution in [0.4, 0.5) is 0 Å². The van der Waals surface area contributed by atoms with Crippen molar-refractivity contribution in [2.45, 2.75) is 19.8 Å². The van der Waals surface area contributed by atoms with Crippen LogP contribution < -0.4 is 5.59 Å². The molecule has 0 atom stereocenters. The molecule has 50 valence electrons. The molecule has 0 unspecified atom stereocenters. The average molecular weight is 131 g/mol. The largest absolute Gasteiger partial charge is 0.273 e. The quantitative estimate of drug-likeness (QED) is 0.518. The highest BCUT2D eigenvalue weighted by Crippen LogP contribution is 2.08. The Kier molecular flexibility index (Phi) is 2.10. The minimum atomic E-state index is 0.466. The Bertz CT molecular complexity index is 220. The molecule has 0 saturated carbocycles. The van der Waals surface area contributed by atoms with Crippen molar-refractivity contribution in [1.82, 2.24) is 4.98 Å². The van der Waals surface area contributed by atoms with Gasteiger partial charge in [-0.05, 0) is 23.1 Å². The zero-order chi connectivity index (χ0) is 7.56. The summed E-state index contributed by atoms with van der Waals surface area (Å²) in [5, 5.41) is 0. The summed E-state index contributed by atoms with van der Waals surface area (Å²) >= 11 is 0. The van der Waals surface area contributed by atoms with Crippen LogP contribution in [-0.4, -0.2) is 12.8 Å². The minimum absolute atomic E-state index is 0.466. The summed E-state index contributed by atoms with van der Waals surface area (Å²) in [6, 6.07) is 3.92. The van der Waals surface area contributed by atoms with Gasteiger partial charge in [0, 0.05) is 6.20 Å². The first-order chi connectivity index (χ1) is 4.72. The van der Waals surface area contributed by atoms with Crippen LogP contribution in [0.3, 0.4) is 0 Å². The van der Waals surface area contributed by atoms with Gasteiger partial charge in [-0.25, -0.2) is 0 Å². The van der Waals surface area contributed by atoms with Gasteiger partial charge in [-0.1, -0.05) is 19.9 Å². The molecular weight excluding hydrogens is 121 g/mol. The maximum atomic E-state index is 5.61. The van der Waals surface area contributed by atoms with Crippen molar-refractivity contribution in [3.05, 3.63) is 23.9 Å². The normalized spacial score (nSPS) is 10.3. The Morgan fingerprint density at radius 2 is 2.20 bits per heavy atom. The van der Waals surface area contributed by atoms with E-state index in [-0.39, 0.29) is 0 Å². The van der Waals surface area contributed by atoms with Gasteiger partial charge in [0.1, 0.15) is 7.85 Å². The molecular formula is C8H10BN. The summed E-state index contributed by atoms with van der Waals surface area (Å²) in [7, 11) is 5.61. The Labute approximate surface area is 62.9 Å². The highest BCUT2D eigenvalue weighted by Gasteiger charge is 2.00. The maximum Gasteiger partial charge on any atom is 0.142 e. The Hall–Kier alpha value is -0.785. The van der Waals surface area contributed by atoms with Gasteiger partial charge in [0.05, 0.1) is 0 Å². The standard InChI is InChI=1S/C8H10BN/c1-6(2)7-4-3-5-10-8(7)9/h3-6H,1-2H3. The highest BCUT2D eigenvalue weighted by molar-refractivity contribution is 6.31. The molecule has 0 saturated heterocycles. The number of hydrogen-bond donors (Lipinski definition) is 0. The molecule has 1 rings (SSSR count). The van der Waals surface area contributed by atoms with Gasteiger partial charge >= 0.3 is 0 Å². The van der Waals surface area contributed by atoms with Gasteiger partial charge < -0.3 is 0 Å². The lowest BCUT2D eigenvalue weighted by Crippen LogP contribution is -2.14. The van der Waals surface area contributed by atoms with Gasteiger partial charge in [0.25, 0.3) is 0 Å². The molecule has 10 heavy (non-hydrogen) atoms. The van der Waals surface area contributed by atoms with Gasteiger partial charge in [-0.2, -0.15) is 0 Å². The first kappa shape index (κ1) is 7.32. The molecule has 1 aromatic heterocycles. The van der Waals surface area contributed by atoms with Gasteiger partial charge in [0.15, 0.2) is 0 Å². The number of rotatable bonds is 1. The molecule has 0 bridgehead atoms. The maximum absolute atomic E-state index is 5.61. The topological polar surface area (TPSA) is 12.9 Å². The van der Waals surface area contributed by atoms with E-state index >= 15 is 0 Å². The first-order valence-electron chi connectivity index (χ1n) is 3.42. The van der Waals surface area contributed by atoms with E-state index in [4.69, 9.17) is 7.85 Å². The van der Waals surface area contributed by atoms with Crippen molar-refractivity contribution in [2.24, 2.45) is 0 Å². The van der Waals surface area contributed by atoms with E-state index in [9.17, 15) is 0 Å². The second-order valence-corrected chi connectivity index (χ2v) is 2.63. The monoisotopic (exact) mass is 131 g/mol. The van der Waals surface area contributed by atoms with E-state index in [1.165, 1.54) is 0 Å². The zero-order valence-corrected chi connectivity index (χ0v) is 6.33. The van der Waals surface area contributed by atoms with E-state index in [0.29, 0.717) is 11.5 Å². The lowest BCUT2D eigenvalue weighted by molar-refractivity contribution is 0.868. The second-order valence-electron chi connectivity index (χ2n) is 2.63. The van der Waals surface area contributed by atoms with Crippen molar-refractivity contribution in [2.75, 3.05) is 0 Å². The molecule has 0 fully saturated rings. The van der Waals surface area contributed by atoms with Crippen molar-refractivity contribution in [1.29, 1.82) is 0 Å². The Balaban J connectivity index is 3.03. The molecule has 0 aliphatic rings. The van der Waals surface area contributed by atoms with Crippen molar-refractivity contribution >= 4 is 13.4 Å². The third-order valence-corrected chi connectivity index (χ3v) is 1.49. The predicted octanol–water partition coefficient (Wildman–Crippen LogP) is 0.999. The van der Waals surface area contributed by atoms with Gasteiger partial charge in [-0.15, -0.1) is 0 Å². The lowest BCUT2D eigenvalue weighted by Gasteiger charge is -2.06. The van der Waals surface area contributed by atoms with E-state index < -0.39 is 0 Å². The van der Waals surface area contributed by atoms with Crippen LogP contribution in [0.5, 0.6) is 0 Å². The third-order valence-electron chi connectivity index (χ3n) is 1.49. The van der Waals surface area contributed by atoms with E-state index in [1.807, 2.05) is 12.1 Å². The lowest BCUT2D eigenvalue weighted by atomic mass is 9.91. The Morgan fingerprint density at radius 3 is 2.60 bits per heavy atom. The smallest absolute Gasteiger partial charge is 0.142 e. The number of aromatic nitrogens is 1. The Morgan fingerprint density at radius 1 is 1.50 bits per heavy atom. The van der Waals surface area contributed by atoms with Crippen molar-refractivity contribution in [3.63, 3.8) is 0 Å². The number of nitrogens with zero attached hydrogens (tertiary/aromatic N) is 1. The SMILES string of the molecule is [B]c1ncccc1C(C)C. The predicted molar refractivity (Wildman–Crippen MR) is 43.7 cm³/mol. The van der Waals surface area contributed by atoms with Crippen LogP contribution in [0.2, 0.25) is 0 Å². The van der Waals surface area contributed by atoms with Crippen LogP contribution in [-0.2, 0) is 0 Å². The molecule has 2 heteroatoms. The molecule has 2 radical (unpaired) electrons. The summed E-state index contributed by atoms with van der Waals surface area (Å²) in [5.41, 5.74) is 1.78. The second kappa shape index (κ2) is 2.87. The molecule has 1 aromatic rings. The zero-order valence-electron chi connectivity index (χ0n) is 6.33. The fourth-order valence-corrected chi connectivity index (χ4v) is 0.918. The molecule has 0 aliphatic heterocycles. The third kappa shape index (κ3) is 1.38. The molecule has 0 spiro atoms. The van der Waals surface area contributed by atoms with Crippen LogP contribution in [0.1, 0.15) is 25.3 Å². The fraction of sp³-hybridized carbons (Fsp3) is 0.375. The summed E-state index contributed by atoms with van der Waals surface area (Å²) < 4.78 is 0. The number of pyridine rings is 1. The van der Waals surface area contributed by atoms with Crippen LogP contribution in [0.25, 0.3) is 0 Å². The highest BCUT2D eigenvalue weighted by atomic mass is 14.6. The van der Waals surface area contributed by atoms with E-state index in [0.717, 1.165) is 5.56 Å². The van der Waals surface area contributed by atoms with Gasteiger partial charge in [0.2, 0.25) is 0 Å². The minimum Gasteiger partial charge on any atom is -0.273 e.